The van der Waals surface area contributed by atoms with Gasteiger partial charge >= 0.3 is 5.97 Å². The Balaban J connectivity index is 1.33. The molecule has 0 amide bonds. The summed E-state index contributed by atoms with van der Waals surface area (Å²) < 4.78 is 16.9. The van der Waals surface area contributed by atoms with E-state index in [-0.39, 0.29) is 36.4 Å². The Morgan fingerprint density at radius 3 is 2.65 bits per heavy atom. The summed E-state index contributed by atoms with van der Waals surface area (Å²) in [6, 6.07) is 17.0. The van der Waals surface area contributed by atoms with Gasteiger partial charge < -0.3 is 24.4 Å². The first kappa shape index (κ1) is 24.5. The highest BCUT2D eigenvalue weighted by Crippen LogP contribution is 2.43. The lowest BCUT2D eigenvalue weighted by Crippen LogP contribution is -2.22. The van der Waals surface area contributed by atoms with Gasteiger partial charge in [0.1, 0.15) is 18.5 Å². The monoisotopic (exact) mass is 466 g/mol. The third kappa shape index (κ3) is 6.06. The van der Waals surface area contributed by atoms with Crippen LogP contribution in [-0.4, -0.2) is 54.3 Å². The summed E-state index contributed by atoms with van der Waals surface area (Å²) in [7, 11) is 0. The first-order chi connectivity index (χ1) is 16.5. The minimum Gasteiger partial charge on any atom is -0.491 e. The average molecular weight is 467 g/mol. The van der Waals surface area contributed by atoms with Gasteiger partial charge in [0.15, 0.2) is 0 Å². The van der Waals surface area contributed by atoms with Crippen molar-refractivity contribution in [2.24, 2.45) is 11.8 Å². The Labute approximate surface area is 201 Å². The van der Waals surface area contributed by atoms with Crippen LogP contribution < -0.4 is 4.74 Å². The number of carbonyl (C=O) groups is 1. The van der Waals surface area contributed by atoms with Crippen LogP contribution >= 0.6 is 0 Å². The second-order valence-corrected chi connectivity index (χ2v) is 9.11. The van der Waals surface area contributed by atoms with Gasteiger partial charge in [0.25, 0.3) is 0 Å². The van der Waals surface area contributed by atoms with Crippen molar-refractivity contribution in [2.75, 3.05) is 19.8 Å². The Morgan fingerprint density at radius 1 is 1.15 bits per heavy atom. The van der Waals surface area contributed by atoms with E-state index in [4.69, 9.17) is 14.2 Å². The molecule has 1 heterocycles. The number of para-hydroxylation sites is 1. The minimum absolute atomic E-state index is 0.00571. The molecule has 0 unspecified atom stereocenters. The SMILES string of the molecule is CCOC(=O)c1ccc([C@@H]2CC[C@@H]3[C@@H](C=C[C@@H](O)COc4ccccc4)[C@H](O)C[C@@H]3OC2)cc1. The van der Waals surface area contributed by atoms with Crippen LogP contribution in [0.25, 0.3) is 0 Å². The Hall–Kier alpha value is -2.67. The predicted molar refractivity (Wildman–Crippen MR) is 129 cm³/mol. The van der Waals surface area contributed by atoms with Gasteiger partial charge in [-0.05, 0) is 55.5 Å². The zero-order valence-electron chi connectivity index (χ0n) is 19.6. The Morgan fingerprint density at radius 2 is 1.91 bits per heavy atom. The molecule has 34 heavy (non-hydrogen) atoms. The van der Waals surface area contributed by atoms with Gasteiger partial charge in [-0.15, -0.1) is 0 Å². The highest BCUT2D eigenvalue weighted by molar-refractivity contribution is 5.89. The second kappa shape index (κ2) is 11.6. The largest absolute Gasteiger partial charge is 0.491 e. The van der Waals surface area contributed by atoms with Gasteiger partial charge in [0.2, 0.25) is 0 Å². The molecule has 0 bridgehead atoms. The molecule has 2 aromatic carbocycles. The van der Waals surface area contributed by atoms with Crippen LogP contribution in [-0.2, 0) is 9.47 Å². The molecule has 4 rings (SSSR count). The van der Waals surface area contributed by atoms with Gasteiger partial charge in [0, 0.05) is 18.3 Å². The van der Waals surface area contributed by atoms with Crippen LogP contribution in [0.2, 0.25) is 0 Å². The number of rotatable bonds is 8. The average Bonchev–Trinajstić information content (AvgIpc) is 3.01. The fourth-order valence-corrected chi connectivity index (χ4v) is 5.04. The fourth-order valence-electron chi connectivity index (χ4n) is 5.04. The standard InChI is InChI=1S/C28H34O6/c1-2-32-28(31)20-10-8-19(9-11-20)21-12-14-25-24(26(30)16-27(25)34-17-21)15-13-22(29)18-33-23-6-4-3-5-7-23/h3-11,13,15,21-22,24-27,29-30H,2,12,14,16-18H2,1H3/t21-,22-,24-,25-,26-,27+/m1/s1. The Bertz CT molecular complexity index is 941. The third-order valence-corrected chi connectivity index (χ3v) is 6.86. The molecule has 1 aliphatic carbocycles. The van der Waals surface area contributed by atoms with Gasteiger partial charge in [-0.2, -0.15) is 0 Å². The first-order valence-corrected chi connectivity index (χ1v) is 12.2. The third-order valence-electron chi connectivity index (χ3n) is 6.86. The molecule has 2 aliphatic rings. The molecule has 1 aliphatic heterocycles. The number of carbonyl (C=O) groups excluding carboxylic acids is 1. The molecule has 1 saturated carbocycles. The molecule has 6 heteroatoms. The maximum absolute atomic E-state index is 11.9. The van der Waals surface area contributed by atoms with E-state index in [0.717, 1.165) is 24.2 Å². The van der Waals surface area contributed by atoms with Crippen LogP contribution in [0.4, 0.5) is 0 Å². The minimum atomic E-state index is -0.746. The molecule has 0 aromatic heterocycles. The maximum atomic E-state index is 11.9. The summed E-state index contributed by atoms with van der Waals surface area (Å²) in [5, 5.41) is 21.0. The van der Waals surface area contributed by atoms with E-state index in [9.17, 15) is 15.0 Å². The smallest absolute Gasteiger partial charge is 0.338 e. The van der Waals surface area contributed by atoms with E-state index in [1.54, 1.807) is 13.0 Å². The molecule has 182 valence electrons. The number of ether oxygens (including phenoxy) is 3. The van der Waals surface area contributed by atoms with Crippen molar-refractivity contribution in [3.05, 3.63) is 77.9 Å². The van der Waals surface area contributed by atoms with E-state index in [0.29, 0.717) is 25.2 Å². The van der Waals surface area contributed by atoms with E-state index >= 15 is 0 Å². The highest BCUT2D eigenvalue weighted by atomic mass is 16.5. The number of hydrogen-bond acceptors (Lipinski definition) is 6. The maximum Gasteiger partial charge on any atom is 0.338 e. The number of aliphatic hydroxyl groups is 2. The van der Waals surface area contributed by atoms with Crippen molar-refractivity contribution in [1.82, 2.24) is 0 Å². The van der Waals surface area contributed by atoms with Crippen molar-refractivity contribution >= 4 is 5.97 Å². The molecular formula is C28H34O6. The van der Waals surface area contributed by atoms with E-state index in [1.165, 1.54) is 0 Å². The molecule has 2 aromatic rings. The van der Waals surface area contributed by atoms with Crippen LogP contribution in [0, 0.1) is 11.8 Å². The fraction of sp³-hybridized carbons (Fsp3) is 0.464. The van der Waals surface area contributed by atoms with E-state index in [2.05, 4.69) is 0 Å². The van der Waals surface area contributed by atoms with Crippen LogP contribution in [0.1, 0.15) is 48.0 Å². The lowest BCUT2D eigenvalue weighted by Gasteiger charge is -2.21. The number of esters is 1. The van der Waals surface area contributed by atoms with Gasteiger partial charge in [-0.25, -0.2) is 4.79 Å². The van der Waals surface area contributed by atoms with Gasteiger partial charge in [-0.1, -0.05) is 42.5 Å². The van der Waals surface area contributed by atoms with Gasteiger partial charge in [0.05, 0.1) is 31.0 Å². The lowest BCUT2D eigenvalue weighted by molar-refractivity contribution is 0.0287. The van der Waals surface area contributed by atoms with Crippen molar-refractivity contribution in [3.63, 3.8) is 0 Å². The van der Waals surface area contributed by atoms with Crippen LogP contribution in [0.3, 0.4) is 0 Å². The molecule has 6 nitrogen and oxygen atoms in total. The molecule has 0 spiro atoms. The zero-order chi connectivity index (χ0) is 23.9. The number of benzene rings is 2. The second-order valence-electron chi connectivity index (χ2n) is 9.11. The molecule has 6 atom stereocenters. The topological polar surface area (TPSA) is 85.2 Å². The van der Waals surface area contributed by atoms with Crippen molar-refractivity contribution < 1.29 is 29.2 Å². The van der Waals surface area contributed by atoms with Crippen molar-refractivity contribution in [1.29, 1.82) is 0 Å². The molecule has 2 N–H and O–H groups in total. The summed E-state index contributed by atoms with van der Waals surface area (Å²) in [5.41, 5.74) is 1.70. The quantitative estimate of drug-likeness (QED) is 0.450. The van der Waals surface area contributed by atoms with Gasteiger partial charge in [-0.3, -0.25) is 0 Å². The number of aliphatic hydroxyl groups excluding tert-OH is 2. The molecule has 2 fully saturated rings. The van der Waals surface area contributed by atoms with E-state index in [1.807, 2.05) is 60.7 Å². The lowest BCUT2D eigenvalue weighted by atomic mass is 9.85. The summed E-state index contributed by atoms with van der Waals surface area (Å²) in [4.78, 5) is 11.9. The molecule has 0 radical (unpaired) electrons. The summed E-state index contributed by atoms with van der Waals surface area (Å²) in [5.74, 6) is 0.808. The zero-order valence-corrected chi connectivity index (χ0v) is 19.6. The van der Waals surface area contributed by atoms with Crippen LogP contribution in [0.15, 0.2) is 66.7 Å². The van der Waals surface area contributed by atoms with E-state index < -0.39 is 12.2 Å². The predicted octanol–water partition coefficient (Wildman–Crippen LogP) is 4.12. The summed E-state index contributed by atoms with van der Waals surface area (Å²) >= 11 is 0. The summed E-state index contributed by atoms with van der Waals surface area (Å²) in [6.45, 7) is 2.91. The van der Waals surface area contributed by atoms with Crippen molar-refractivity contribution in [2.45, 2.75) is 50.4 Å². The first-order valence-electron chi connectivity index (χ1n) is 12.2. The number of hydrogen-bond donors (Lipinski definition) is 2. The molecule has 1 saturated heterocycles. The summed E-state index contributed by atoms with van der Waals surface area (Å²) in [6.07, 6.45) is 4.92. The Kier molecular flexibility index (Phi) is 8.38. The van der Waals surface area contributed by atoms with Crippen molar-refractivity contribution in [3.8, 4) is 5.75 Å². The normalized spacial score (nSPS) is 27.7. The number of fused-ring (bicyclic) bond motifs is 1. The molecular weight excluding hydrogens is 432 g/mol. The highest BCUT2D eigenvalue weighted by Gasteiger charge is 2.43. The van der Waals surface area contributed by atoms with Crippen LogP contribution in [0.5, 0.6) is 5.75 Å².